The maximum absolute atomic E-state index is 12.3. The zero-order chi connectivity index (χ0) is 17.1. The van der Waals surface area contributed by atoms with E-state index in [4.69, 9.17) is 9.47 Å². The summed E-state index contributed by atoms with van der Waals surface area (Å²) in [5, 5.41) is 11.8. The molecule has 0 spiro atoms. The summed E-state index contributed by atoms with van der Waals surface area (Å²) in [5.74, 6) is -0.628. The van der Waals surface area contributed by atoms with Crippen LogP contribution in [-0.2, 0) is 4.79 Å². The number of nitrogens with one attached hydrogen (secondary N) is 1. The highest BCUT2D eigenvalue weighted by atomic mass is 79.9. The number of hydrogen-bond acceptors (Lipinski definition) is 4. The van der Waals surface area contributed by atoms with Crippen molar-refractivity contribution in [3.8, 4) is 11.5 Å². The molecule has 3 rings (SSSR count). The minimum Gasteiger partial charge on any atom is -0.477 e. The van der Waals surface area contributed by atoms with Crippen molar-refractivity contribution in [2.24, 2.45) is 0 Å². The lowest BCUT2D eigenvalue weighted by atomic mass is 10.1. The van der Waals surface area contributed by atoms with Crippen LogP contribution in [0.5, 0.6) is 11.5 Å². The smallest absolute Gasteiger partial charge is 0.352 e. The van der Waals surface area contributed by atoms with Crippen molar-refractivity contribution in [3.05, 3.63) is 63.8 Å². The lowest BCUT2D eigenvalue weighted by Crippen LogP contribution is -2.27. The van der Waals surface area contributed by atoms with Crippen LogP contribution in [0.3, 0.4) is 0 Å². The van der Waals surface area contributed by atoms with Crippen LogP contribution in [0.25, 0.3) is 6.08 Å². The molecule has 1 aliphatic rings. The van der Waals surface area contributed by atoms with E-state index < -0.39 is 11.9 Å². The Bertz CT molecular complexity index is 847. The molecule has 7 heteroatoms. The lowest BCUT2D eigenvalue weighted by Gasteiger charge is -2.08. The Kier molecular flexibility index (Phi) is 4.52. The molecule has 0 saturated heterocycles. The highest BCUT2D eigenvalue weighted by Gasteiger charge is 2.17. The third kappa shape index (κ3) is 3.41. The second-order valence-corrected chi connectivity index (χ2v) is 5.76. The number of carboxylic acid groups (broad SMARTS) is 1. The standard InChI is InChI=1S/C17H12BrNO5/c18-12-4-2-1-3-11(12)16(20)19-13(17(21)22)7-10-5-6-14-15(8-10)24-9-23-14/h1-8H,9H2,(H,19,20)(H,21,22)/b13-7+. The van der Waals surface area contributed by atoms with Gasteiger partial charge in [0.25, 0.3) is 5.91 Å². The van der Waals surface area contributed by atoms with Gasteiger partial charge in [-0.2, -0.15) is 0 Å². The van der Waals surface area contributed by atoms with E-state index in [-0.39, 0.29) is 12.5 Å². The molecule has 1 aliphatic heterocycles. The zero-order valence-electron chi connectivity index (χ0n) is 12.3. The summed E-state index contributed by atoms with van der Waals surface area (Å²) < 4.78 is 11.0. The zero-order valence-corrected chi connectivity index (χ0v) is 13.9. The van der Waals surface area contributed by atoms with Gasteiger partial charge in [-0.05, 0) is 51.8 Å². The van der Waals surface area contributed by atoms with Gasteiger partial charge in [0.1, 0.15) is 5.70 Å². The fourth-order valence-electron chi connectivity index (χ4n) is 2.16. The summed E-state index contributed by atoms with van der Waals surface area (Å²) in [6.07, 6.45) is 1.36. The molecule has 2 aromatic carbocycles. The molecule has 6 nitrogen and oxygen atoms in total. The topological polar surface area (TPSA) is 84.9 Å². The average molecular weight is 390 g/mol. The van der Waals surface area contributed by atoms with E-state index in [2.05, 4.69) is 21.2 Å². The first kappa shape index (κ1) is 16.1. The van der Waals surface area contributed by atoms with Crippen molar-refractivity contribution < 1.29 is 24.2 Å². The number of aliphatic carboxylic acids is 1. The number of carbonyl (C=O) groups excluding carboxylic acids is 1. The molecule has 0 radical (unpaired) electrons. The quantitative estimate of drug-likeness (QED) is 0.785. The number of carboxylic acids is 1. The Morgan fingerprint density at radius 1 is 1.12 bits per heavy atom. The Morgan fingerprint density at radius 3 is 2.62 bits per heavy atom. The molecule has 0 bridgehead atoms. The summed E-state index contributed by atoms with van der Waals surface area (Å²) >= 11 is 3.27. The van der Waals surface area contributed by atoms with E-state index in [1.807, 2.05) is 0 Å². The molecule has 24 heavy (non-hydrogen) atoms. The summed E-state index contributed by atoms with van der Waals surface area (Å²) in [6.45, 7) is 0.132. The van der Waals surface area contributed by atoms with Gasteiger partial charge in [-0.15, -0.1) is 0 Å². The molecule has 2 aromatic rings. The first-order valence-electron chi connectivity index (χ1n) is 6.95. The van der Waals surface area contributed by atoms with Gasteiger partial charge in [0.15, 0.2) is 11.5 Å². The second-order valence-electron chi connectivity index (χ2n) is 4.91. The van der Waals surface area contributed by atoms with Crippen LogP contribution < -0.4 is 14.8 Å². The van der Waals surface area contributed by atoms with E-state index >= 15 is 0 Å². The summed E-state index contributed by atoms with van der Waals surface area (Å²) in [5.41, 5.74) is 0.675. The fourth-order valence-corrected chi connectivity index (χ4v) is 2.62. The Balaban J connectivity index is 1.86. The van der Waals surface area contributed by atoms with Crippen molar-refractivity contribution in [1.82, 2.24) is 5.32 Å². The number of carbonyl (C=O) groups is 2. The molecule has 1 amide bonds. The monoisotopic (exact) mass is 389 g/mol. The minimum absolute atomic E-state index is 0.132. The molecular weight excluding hydrogens is 378 g/mol. The lowest BCUT2D eigenvalue weighted by molar-refractivity contribution is -0.132. The maximum Gasteiger partial charge on any atom is 0.352 e. The van der Waals surface area contributed by atoms with Crippen LogP contribution in [0.2, 0.25) is 0 Å². The third-order valence-corrected chi connectivity index (χ3v) is 4.00. The largest absolute Gasteiger partial charge is 0.477 e. The minimum atomic E-state index is -1.24. The van der Waals surface area contributed by atoms with Gasteiger partial charge in [-0.3, -0.25) is 4.79 Å². The molecule has 0 saturated carbocycles. The predicted molar refractivity (Wildman–Crippen MR) is 89.8 cm³/mol. The molecule has 0 unspecified atom stereocenters. The fraction of sp³-hybridized carbons (Fsp3) is 0.0588. The molecule has 0 atom stereocenters. The summed E-state index contributed by atoms with van der Waals surface area (Å²) in [6, 6.07) is 11.8. The first-order valence-corrected chi connectivity index (χ1v) is 7.74. The predicted octanol–water partition coefficient (Wildman–Crippen LogP) is 3.03. The van der Waals surface area contributed by atoms with Gasteiger partial charge in [-0.25, -0.2) is 4.79 Å². The van der Waals surface area contributed by atoms with Gasteiger partial charge in [0.2, 0.25) is 6.79 Å². The Morgan fingerprint density at radius 2 is 1.88 bits per heavy atom. The highest BCUT2D eigenvalue weighted by molar-refractivity contribution is 9.10. The number of ether oxygens (including phenoxy) is 2. The number of halogens is 1. The van der Waals surface area contributed by atoms with E-state index in [0.717, 1.165) is 0 Å². The van der Waals surface area contributed by atoms with Crippen molar-refractivity contribution in [3.63, 3.8) is 0 Å². The molecule has 1 heterocycles. The maximum atomic E-state index is 12.3. The number of rotatable bonds is 4. The molecule has 122 valence electrons. The SMILES string of the molecule is O=C(O)/C(=C\c1ccc2c(c1)OCO2)NC(=O)c1ccccc1Br. The van der Waals surface area contributed by atoms with E-state index in [0.29, 0.717) is 27.1 Å². The van der Waals surface area contributed by atoms with E-state index in [1.165, 1.54) is 6.08 Å². The molecule has 0 fully saturated rings. The van der Waals surface area contributed by atoms with Crippen molar-refractivity contribution in [2.75, 3.05) is 6.79 Å². The van der Waals surface area contributed by atoms with Gasteiger partial charge < -0.3 is 19.9 Å². The highest BCUT2D eigenvalue weighted by Crippen LogP contribution is 2.33. The number of hydrogen-bond donors (Lipinski definition) is 2. The Labute approximate surface area is 145 Å². The number of benzene rings is 2. The van der Waals surface area contributed by atoms with Crippen molar-refractivity contribution in [2.45, 2.75) is 0 Å². The van der Waals surface area contributed by atoms with Gasteiger partial charge in [-0.1, -0.05) is 18.2 Å². The normalized spacial score (nSPS) is 12.8. The van der Waals surface area contributed by atoms with Crippen LogP contribution in [0.1, 0.15) is 15.9 Å². The molecular formula is C17H12BrNO5. The van der Waals surface area contributed by atoms with Gasteiger partial charge >= 0.3 is 5.97 Å². The summed E-state index contributed by atoms with van der Waals surface area (Å²) in [7, 11) is 0. The van der Waals surface area contributed by atoms with Crippen LogP contribution in [0.15, 0.2) is 52.6 Å². The number of amides is 1. The third-order valence-electron chi connectivity index (χ3n) is 3.30. The summed E-state index contributed by atoms with van der Waals surface area (Å²) in [4.78, 5) is 23.7. The van der Waals surface area contributed by atoms with Crippen molar-refractivity contribution in [1.29, 1.82) is 0 Å². The van der Waals surface area contributed by atoms with Crippen LogP contribution in [0, 0.1) is 0 Å². The second kappa shape index (κ2) is 6.76. The molecule has 0 aliphatic carbocycles. The first-order chi connectivity index (χ1) is 11.5. The number of fused-ring (bicyclic) bond motifs is 1. The van der Waals surface area contributed by atoms with Gasteiger partial charge in [0.05, 0.1) is 5.56 Å². The average Bonchev–Trinajstić information content (AvgIpc) is 3.02. The van der Waals surface area contributed by atoms with Crippen LogP contribution in [-0.4, -0.2) is 23.8 Å². The van der Waals surface area contributed by atoms with Crippen LogP contribution >= 0.6 is 15.9 Å². The van der Waals surface area contributed by atoms with Gasteiger partial charge in [0, 0.05) is 4.47 Å². The molecule has 2 N–H and O–H groups in total. The van der Waals surface area contributed by atoms with E-state index in [1.54, 1.807) is 42.5 Å². The van der Waals surface area contributed by atoms with E-state index in [9.17, 15) is 14.7 Å². The molecule has 0 aromatic heterocycles. The van der Waals surface area contributed by atoms with Crippen molar-refractivity contribution >= 4 is 33.9 Å². The van der Waals surface area contributed by atoms with Crippen LogP contribution in [0.4, 0.5) is 0 Å². The Hall–Kier alpha value is -2.80.